The van der Waals surface area contributed by atoms with Crippen LogP contribution in [0.4, 0.5) is 22.4 Å². The zero-order chi connectivity index (χ0) is 26.3. The molecule has 2 N–H and O–H groups in total. The van der Waals surface area contributed by atoms with Crippen LogP contribution in [0, 0.1) is 5.82 Å². The first-order valence-corrected chi connectivity index (χ1v) is 11.4. The highest BCUT2D eigenvalue weighted by Crippen LogP contribution is 2.34. The fourth-order valence-corrected chi connectivity index (χ4v) is 4.73. The summed E-state index contributed by atoms with van der Waals surface area (Å²) in [4.78, 5) is 27.4. The Hall–Kier alpha value is -4.17. The van der Waals surface area contributed by atoms with Crippen molar-refractivity contribution in [2.24, 2.45) is 0 Å². The first kappa shape index (κ1) is 24.5. The van der Waals surface area contributed by atoms with Crippen LogP contribution in [0.3, 0.4) is 0 Å². The number of aromatic nitrogens is 5. The smallest absolute Gasteiger partial charge is 0.465 e. The summed E-state index contributed by atoms with van der Waals surface area (Å²) in [6.45, 7) is 0.120. The van der Waals surface area contributed by atoms with Crippen LogP contribution in [-0.2, 0) is 25.9 Å². The molecule has 15 heteroatoms. The molecule has 3 aromatic rings. The van der Waals surface area contributed by atoms with Crippen molar-refractivity contribution in [1.29, 1.82) is 0 Å². The van der Waals surface area contributed by atoms with Crippen LogP contribution < -0.4 is 4.74 Å². The van der Waals surface area contributed by atoms with E-state index in [1.165, 1.54) is 27.8 Å². The van der Waals surface area contributed by atoms with Gasteiger partial charge in [0.05, 0.1) is 24.5 Å². The van der Waals surface area contributed by atoms with Gasteiger partial charge in [-0.25, -0.2) is 9.18 Å². The van der Waals surface area contributed by atoms with Gasteiger partial charge in [-0.05, 0) is 18.1 Å². The Labute approximate surface area is 206 Å². The van der Waals surface area contributed by atoms with Crippen LogP contribution in [0.5, 0.6) is 5.75 Å². The lowest BCUT2D eigenvalue weighted by Gasteiger charge is -2.25. The zero-order valence-electron chi connectivity index (χ0n) is 19.2. The number of H-pyrrole nitrogens is 1. The van der Waals surface area contributed by atoms with Crippen LogP contribution >= 0.6 is 0 Å². The van der Waals surface area contributed by atoms with Gasteiger partial charge in [0.15, 0.2) is 11.5 Å². The highest BCUT2D eigenvalue weighted by molar-refractivity contribution is 5.93. The highest BCUT2D eigenvalue weighted by atomic mass is 19.4. The van der Waals surface area contributed by atoms with Gasteiger partial charge < -0.3 is 19.6 Å². The molecule has 0 saturated heterocycles. The standard InChI is InChI=1S/C22H21F4N7O4/c23-17-18(20(34)31-6-5-14-15(11-31)28-30-27-14)29-33-8-7-32(21(35)36)10-13(19(17)33)9-12-3-1-2-4-16(12)37-22(24,25)26/h1-4,13H,5-11H2,(H,35,36)(H,27,28,30). The van der Waals surface area contributed by atoms with Gasteiger partial charge in [-0.3, -0.25) is 14.6 Å². The maximum Gasteiger partial charge on any atom is 0.573 e. The number of carboxylic acid groups (broad SMARTS) is 1. The molecule has 11 nitrogen and oxygen atoms in total. The molecule has 2 aliphatic rings. The molecule has 0 aliphatic carbocycles. The van der Waals surface area contributed by atoms with Crippen LogP contribution in [-0.4, -0.2) is 78.1 Å². The van der Waals surface area contributed by atoms with Crippen molar-refractivity contribution < 1.29 is 37.0 Å². The second-order valence-corrected chi connectivity index (χ2v) is 8.77. The van der Waals surface area contributed by atoms with Crippen molar-refractivity contribution >= 4 is 12.0 Å². The number of fused-ring (bicyclic) bond motifs is 2. The number of para-hydroxylation sites is 1. The van der Waals surface area contributed by atoms with Crippen molar-refractivity contribution in [3.05, 3.63) is 58.4 Å². The number of benzene rings is 1. The monoisotopic (exact) mass is 523 g/mol. The number of rotatable bonds is 4. The third-order valence-corrected chi connectivity index (χ3v) is 6.44. The molecular weight excluding hydrogens is 502 g/mol. The summed E-state index contributed by atoms with van der Waals surface area (Å²) in [5, 5.41) is 24.1. The Morgan fingerprint density at radius 2 is 1.95 bits per heavy atom. The number of hydrogen-bond acceptors (Lipinski definition) is 6. The predicted molar refractivity (Wildman–Crippen MR) is 116 cm³/mol. The number of alkyl halides is 3. The van der Waals surface area contributed by atoms with Gasteiger partial charge in [-0.1, -0.05) is 23.4 Å². The van der Waals surface area contributed by atoms with Crippen molar-refractivity contribution in [3.8, 4) is 5.75 Å². The number of nitrogens with zero attached hydrogens (tertiary/aromatic N) is 6. The summed E-state index contributed by atoms with van der Waals surface area (Å²) in [7, 11) is 0. The third kappa shape index (κ3) is 4.93. The number of ether oxygens (including phenoxy) is 1. The average molecular weight is 523 g/mol. The molecule has 0 bridgehead atoms. The van der Waals surface area contributed by atoms with Gasteiger partial charge >= 0.3 is 12.5 Å². The lowest BCUT2D eigenvalue weighted by molar-refractivity contribution is -0.274. The minimum Gasteiger partial charge on any atom is -0.465 e. The SMILES string of the molecule is O=C(O)N1CCn2nc(C(=O)N3CCc4[nH]nnc4C3)c(F)c2C(Cc2ccccc2OC(F)(F)F)C1. The maximum atomic E-state index is 15.8. The molecule has 2 amide bonds. The Morgan fingerprint density at radius 1 is 1.16 bits per heavy atom. The Kier molecular flexibility index (Phi) is 6.21. The zero-order valence-corrected chi connectivity index (χ0v) is 19.2. The number of nitrogens with one attached hydrogen (secondary N) is 1. The van der Waals surface area contributed by atoms with E-state index in [0.717, 1.165) is 16.7 Å². The van der Waals surface area contributed by atoms with E-state index in [4.69, 9.17) is 0 Å². The first-order valence-electron chi connectivity index (χ1n) is 11.4. The van der Waals surface area contributed by atoms with Crippen LogP contribution in [0.1, 0.15) is 39.1 Å². The second kappa shape index (κ2) is 9.37. The molecule has 5 rings (SSSR count). The minimum atomic E-state index is -4.95. The molecule has 196 valence electrons. The Morgan fingerprint density at radius 3 is 2.70 bits per heavy atom. The number of carbonyl (C=O) groups excluding carboxylic acids is 1. The number of aromatic amines is 1. The molecule has 4 heterocycles. The third-order valence-electron chi connectivity index (χ3n) is 6.44. The second-order valence-electron chi connectivity index (χ2n) is 8.77. The lowest BCUT2D eigenvalue weighted by Crippen LogP contribution is -2.37. The summed E-state index contributed by atoms with van der Waals surface area (Å²) in [5.41, 5.74) is 0.978. The molecule has 2 aromatic heterocycles. The van der Waals surface area contributed by atoms with E-state index < -0.39 is 41.5 Å². The topological polar surface area (TPSA) is 129 Å². The van der Waals surface area contributed by atoms with E-state index in [1.807, 2.05) is 0 Å². The maximum absolute atomic E-state index is 15.8. The quantitative estimate of drug-likeness (QED) is 0.503. The summed E-state index contributed by atoms with van der Waals surface area (Å²) in [6, 6.07) is 5.39. The van der Waals surface area contributed by atoms with E-state index >= 15 is 4.39 Å². The highest BCUT2D eigenvalue weighted by Gasteiger charge is 2.37. The van der Waals surface area contributed by atoms with Crippen molar-refractivity contribution in [2.75, 3.05) is 19.6 Å². The summed E-state index contributed by atoms with van der Waals surface area (Å²) >= 11 is 0. The molecular formula is C22H21F4N7O4. The molecule has 2 aliphatic heterocycles. The largest absolute Gasteiger partial charge is 0.573 e. The van der Waals surface area contributed by atoms with Gasteiger partial charge in [-0.15, -0.1) is 18.3 Å². The van der Waals surface area contributed by atoms with E-state index in [-0.39, 0.29) is 50.4 Å². The molecule has 1 aromatic carbocycles. The Bertz CT molecular complexity index is 1340. The average Bonchev–Trinajstić information content (AvgIpc) is 3.39. The van der Waals surface area contributed by atoms with Crippen LogP contribution in [0.25, 0.3) is 0 Å². The van der Waals surface area contributed by atoms with Crippen molar-refractivity contribution in [3.63, 3.8) is 0 Å². The predicted octanol–water partition coefficient (Wildman–Crippen LogP) is 2.56. The summed E-state index contributed by atoms with van der Waals surface area (Å²) in [5.74, 6) is -3.00. The summed E-state index contributed by atoms with van der Waals surface area (Å²) < 4.78 is 60.0. The van der Waals surface area contributed by atoms with Crippen molar-refractivity contribution in [1.82, 2.24) is 35.0 Å². The van der Waals surface area contributed by atoms with Crippen LogP contribution in [0.2, 0.25) is 0 Å². The number of carbonyl (C=O) groups is 2. The fourth-order valence-electron chi connectivity index (χ4n) is 4.73. The summed E-state index contributed by atoms with van der Waals surface area (Å²) in [6.07, 6.45) is -5.94. The van der Waals surface area contributed by atoms with E-state index in [9.17, 15) is 27.9 Å². The molecule has 0 radical (unpaired) electrons. The number of hydrogen-bond donors (Lipinski definition) is 2. The molecule has 37 heavy (non-hydrogen) atoms. The lowest BCUT2D eigenvalue weighted by atomic mass is 9.94. The molecule has 0 fully saturated rings. The van der Waals surface area contributed by atoms with Gasteiger partial charge in [0.2, 0.25) is 0 Å². The molecule has 0 spiro atoms. The van der Waals surface area contributed by atoms with E-state index in [0.29, 0.717) is 12.1 Å². The molecule has 1 unspecified atom stereocenters. The van der Waals surface area contributed by atoms with E-state index in [1.54, 1.807) is 0 Å². The van der Waals surface area contributed by atoms with Gasteiger partial charge in [-0.2, -0.15) is 5.10 Å². The van der Waals surface area contributed by atoms with Gasteiger partial charge in [0.1, 0.15) is 11.4 Å². The van der Waals surface area contributed by atoms with Gasteiger partial charge in [0.25, 0.3) is 5.91 Å². The fraction of sp³-hybridized carbons (Fsp3) is 0.409. The Balaban J connectivity index is 1.48. The van der Waals surface area contributed by atoms with Crippen LogP contribution in [0.15, 0.2) is 24.3 Å². The van der Waals surface area contributed by atoms with Crippen molar-refractivity contribution in [2.45, 2.75) is 38.2 Å². The minimum absolute atomic E-state index is 0.0313. The normalized spacial score (nSPS) is 17.7. The molecule has 1 atom stereocenters. The number of halogens is 4. The van der Waals surface area contributed by atoms with E-state index in [2.05, 4.69) is 25.2 Å². The van der Waals surface area contributed by atoms with Gasteiger partial charge in [0, 0.05) is 32.0 Å². The number of amides is 2. The first-order chi connectivity index (χ1) is 17.6. The molecule has 0 saturated carbocycles.